The van der Waals surface area contributed by atoms with Crippen molar-refractivity contribution in [3.8, 4) is 0 Å². The molecule has 0 rings (SSSR count). The van der Waals surface area contributed by atoms with E-state index in [4.69, 9.17) is 5.11 Å². The molecular formula is C11H22N2O3. The second-order valence-electron chi connectivity index (χ2n) is 5.12. The largest absolute Gasteiger partial charge is 0.481 e. The van der Waals surface area contributed by atoms with Crippen molar-refractivity contribution in [2.45, 2.75) is 27.7 Å². The SMILES string of the molecule is CC(C)CN(C)C(=O)NCC(C)(C)C(=O)O. The Morgan fingerprint density at radius 3 is 2.25 bits per heavy atom. The second-order valence-corrected chi connectivity index (χ2v) is 5.12. The number of carbonyl (C=O) groups excluding carboxylic acids is 1. The highest BCUT2D eigenvalue weighted by atomic mass is 16.4. The van der Waals surface area contributed by atoms with Crippen LogP contribution < -0.4 is 5.32 Å². The predicted molar refractivity (Wildman–Crippen MR) is 62.3 cm³/mol. The zero-order valence-corrected chi connectivity index (χ0v) is 10.7. The quantitative estimate of drug-likeness (QED) is 0.750. The van der Waals surface area contributed by atoms with Crippen molar-refractivity contribution in [3.05, 3.63) is 0 Å². The molecule has 0 aliphatic heterocycles. The first-order valence-corrected chi connectivity index (χ1v) is 5.39. The Bertz CT molecular complexity index is 262. The molecule has 2 N–H and O–H groups in total. The smallest absolute Gasteiger partial charge is 0.317 e. The highest BCUT2D eigenvalue weighted by Gasteiger charge is 2.28. The molecule has 0 aromatic heterocycles. The van der Waals surface area contributed by atoms with Gasteiger partial charge in [0.05, 0.1) is 5.41 Å². The van der Waals surface area contributed by atoms with Gasteiger partial charge < -0.3 is 15.3 Å². The van der Waals surface area contributed by atoms with Crippen LogP contribution in [0.3, 0.4) is 0 Å². The standard InChI is InChI=1S/C11H22N2O3/c1-8(2)6-13(5)10(16)12-7-11(3,4)9(14)15/h8H,6-7H2,1-5H3,(H,12,16)(H,14,15). The fourth-order valence-corrected chi connectivity index (χ4v) is 1.14. The van der Waals surface area contributed by atoms with Gasteiger partial charge >= 0.3 is 12.0 Å². The molecule has 5 heteroatoms. The number of carbonyl (C=O) groups is 2. The molecule has 0 saturated carbocycles. The molecule has 0 heterocycles. The summed E-state index contributed by atoms with van der Waals surface area (Å²) in [6.45, 7) is 7.98. The van der Waals surface area contributed by atoms with Crippen LogP contribution >= 0.6 is 0 Å². The van der Waals surface area contributed by atoms with E-state index >= 15 is 0 Å². The molecule has 0 atom stereocenters. The number of rotatable bonds is 5. The summed E-state index contributed by atoms with van der Waals surface area (Å²) in [7, 11) is 1.70. The maximum Gasteiger partial charge on any atom is 0.317 e. The van der Waals surface area contributed by atoms with Crippen LogP contribution in [0, 0.1) is 11.3 Å². The molecule has 0 fully saturated rings. The van der Waals surface area contributed by atoms with E-state index in [1.54, 1.807) is 25.8 Å². The Kier molecular flexibility index (Phi) is 5.27. The molecule has 0 aromatic carbocycles. The molecular weight excluding hydrogens is 208 g/mol. The fourth-order valence-electron chi connectivity index (χ4n) is 1.14. The lowest BCUT2D eigenvalue weighted by Crippen LogP contribution is -2.45. The van der Waals surface area contributed by atoms with Gasteiger partial charge in [0.25, 0.3) is 0 Å². The van der Waals surface area contributed by atoms with Crippen molar-refractivity contribution in [1.82, 2.24) is 10.2 Å². The van der Waals surface area contributed by atoms with Gasteiger partial charge in [-0.15, -0.1) is 0 Å². The van der Waals surface area contributed by atoms with Gasteiger partial charge in [0.2, 0.25) is 0 Å². The summed E-state index contributed by atoms with van der Waals surface area (Å²) < 4.78 is 0. The van der Waals surface area contributed by atoms with E-state index in [2.05, 4.69) is 5.32 Å². The number of hydrogen-bond donors (Lipinski definition) is 2. The second kappa shape index (κ2) is 5.72. The Labute approximate surface area is 96.8 Å². The molecule has 0 unspecified atom stereocenters. The minimum absolute atomic E-state index is 0.129. The van der Waals surface area contributed by atoms with Crippen molar-refractivity contribution in [2.24, 2.45) is 11.3 Å². The third kappa shape index (κ3) is 5.00. The lowest BCUT2D eigenvalue weighted by Gasteiger charge is -2.24. The maximum atomic E-state index is 11.6. The van der Waals surface area contributed by atoms with E-state index in [1.807, 2.05) is 13.8 Å². The molecule has 0 aliphatic rings. The molecule has 0 aliphatic carbocycles. The summed E-state index contributed by atoms with van der Waals surface area (Å²) in [5.41, 5.74) is -0.936. The number of carboxylic acid groups (broad SMARTS) is 1. The minimum atomic E-state index is -0.936. The van der Waals surface area contributed by atoms with Gasteiger partial charge in [0.15, 0.2) is 0 Å². The number of urea groups is 1. The normalized spacial score (nSPS) is 11.4. The van der Waals surface area contributed by atoms with Crippen LogP contribution in [0.2, 0.25) is 0 Å². The third-order valence-electron chi connectivity index (χ3n) is 2.25. The number of carboxylic acids is 1. The zero-order valence-electron chi connectivity index (χ0n) is 10.7. The van der Waals surface area contributed by atoms with Crippen LogP contribution in [0.1, 0.15) is 27.7 Å². The fraction of sp³-hybridized carbons (Fsp3) is 0.818. The number of amides is 2. The first-order valence-electron chi connectivity index (χ1n) is 5.39. The van der Waals surface area contributed by atoms with E-state index in [9.17, 15) is 9.59 Å². The molecule has 94 valence electrons. The highest BCUT2D eigenvalue weighted by Crippen LogP contribution is 2.13. The van der Waals surface area contributed by atoms with Crippen LogP contribution in [0.15, 0.2) is 0 Å². The van der Waals surface area contributed by atoms with Crippen molar-refractivity contribution < 1.29 is 14.7 Å². The van der Waals surface area contributed by atoms with E-state index < -0.39 is 11.4 Å². The molecule has 2 amide bonds. The van der Waals surface area contributed by atoms with Crippen molar-refractivity contribution >= 4 is 12.0 Å². The maximum absolute atomic E-state index is 11.6. The summed E-state index contributed by atoms with van der Waals surface area (Å²) in [5, 5.41) is 11.5. The topological polar surface area (TPSA) is 69.6 Å². The van der Waals surface area contributed by atoms with Gasteiger partial charge in [0.1, 0.15) is 0 Å². The van der Waals surface area contributed by atoms with E-state index in [1.165, 1.54) is 0 Å². The van der Waals surface area contributed by atoms with Gasteiger partial charge in [-0.25, -0.2) is 4.79 Å². The average Bonchev–Trinajstić information content (AvgIpc) is 2.12. The van der Waals surface area contributed by atoms with Gasteiger partial charge in [0, 0.05) is 20.1 Å². The third-order valence-corrected chi connectivity index (χ3v) is 2.25. The van der Waals surface area contributed by atoms with E-state index in [0.717, 1.165) is 0 Å². The van der Waals surface area contributed by atoms with Crippen LogP contribution in [0.5, 0.6) is 0 Å². The van der Waals surface area contributed by atoms with Gasteiger partial charge in [-0.2, -0.15) is 0 Å². The molecule has 0 spiro atoms. The average molecular weight is 230 g/mol. The molecule has 0 bridgehead atoms. The van der Waals surface area contributed by atoms with Crippen molar-refractivity contribution in [3.63, 3.8) is 0 Å². The summed E-state index contributed by atoms with van der Waals surface area (Å²) in [5.74, 6) is -0.525. The molecule has 5 nitrogen and oxygen atoms in total. The van der Waals surface area contributed by atoms with Crippen molar-refractivity contribution in [2.75, 3.05) is 20.1 Å². The summed E-state index contributed by atoms with van der Waals surface area (Å²) in [6.07, 6.45) is 0. The van der Waals surface area contributed by atoms with Crippen LogP contribution in [0.4, 0.5) is 4.79 Å². The van der Waals surface area contributed by atoms with Crippen LogP contribution in [0.25, 0.3) is 0 Å². The number of aliphatic carboxylic acids is 1. The molecule has 0 radical (unpaired) electrons. The van der Waals surface area contributed by atoms with Crippen LogP contribution in [-0.4, -0.2) is 42.1 Å². The molecule has 0 aromatic rings. The first kappa shape index (κ1) is 14.7. The Morgan fingerprint density at radius 1 is 1.38 bits per heavy atom. The summed E-state index contributed by atoms with van der Waals surface area (Å²) >= 11 is 0. The Balaban J connectivity index is 4.12. The van der Waals surface area contributed by atoms with E-state index in [0.29, 0.717) is 12.5 Å². The number of nitrogens with zero attached hydrogens (tertiary/aromatic N) is 1. The summed E-state index contributed by atoms with van der Waals surface area (Å²) in [6, 6.07) is -0.233. The Hall–Kier alpha value is -1.26. The minimum Gasteiger partial charge on any atom is -0.481 e. The van der Waals surface area contributed by atoms with Gasteiger partial charge in [-0.05, 0) is 19.8 Å². The zero-order chi connectivity index (χ0) is 12.9. The van der Waals surface area contributed by atoms with Crippen LogP contribution in [-0.2, 0) is 4.79 Å². The summed E-state index contributed by atoms with van der Waals surface area (Å²) in [4.78, 5) is 23.9. The monoisotopic (exact) mass is 230 g/mol. The molecule has 0 saturated heterocycles. The van der Waals surface area contributed by atoms with E-state index in [-0.39, 0.29) is 12.6 Å². The lowest BCUT2D eigenvalue weighted by atomic mass is 9.94. The Morgan fingerprint density at radius 2 is 1.88 bits per heavy atom. The van der Waals surface area contributed by atoms with Gasteiger partial charge in [-0.3, -0.25) is 4.79 Å². The number of hydrogen-bond acceptors (Lipinski definition) is 2. The predicted octanol–water partition coefficient (Wildman–Crippen LogP) is 1.39. The first-order chi connectivity index (χ1) is 7.16. The lowest BCUT2D eigenvalue weighted by molar-refractivity contribution is -0.146. The number of nitrogens with one attached hydrogen (secondary N) is 1. The van der Waals surface area contributed by atoms with Gasteiger partial charge in [-0.1, -0.05) is 13.8 Å². The van der Waals surface area contributed by atoms with Crippen molar-refractivity contribution in [1.29, 1.82) is 0 Å². The molecule has 16 heavy (non-hydrogen) atoms. The highest BCUT2D eigenvalue weighted by molar-refractivity contribution is 5.77.